The van der Waals surface area contributed by atoms with Crippen LogP contribution in [0.4, 0.5) is 0 Å². The molecule has 2 unspecified atom stereocenters. The van der Waals surface area contributed by atoms with Gasteiger partial charge in [0.2, 0.25) is 0 Å². The number of likely N-dealkylation sites (N-methyl/N-ethyl adjacent to an activating group) is 2. The minimum Gasteiger partial charge on any atom is -0.329 e. The second-order valence-corrected chi connectivity index (χ2v) is 16.9. The lowest BCUT2D eigenvalue weighted by molar-refractivity contribution is -0.870. The number of phosphoric acid groups is 2. The Hall–Kier alpha value is -0.720. The average Bonchev–Trinajstić information content (AvgIpc) is 3.36. The molecule has 0 bridgehead atoms. The first-order valence-corrected chi connectivity index (χ1v) is 19.8. The van der Waals surface area contributed by atoms with Crippen LogP contribution in [0.3, 0.4) is 0 Å². The summed E-state index contributed by atoms with van der Waals surface area (Å²) in [6, 6.07) is 0. The Morgan fingerprint density at radius 2 is 0.978 bits per heavy atom. The van der Waals surface area contributed by atoms with Crippen molar-refractivity contribution in [2.45, 2.75) is 103 Å². The van der Waals surface area contributed by atoms with Gasteiger partial charge in [-0.1, -0.05) is 69.4 Å². The fourth-order valence-electron chi connectivity index (χ4n) is 4.41. The van der Waals surface area contributed by atoms with E-state index in [0.29, 0.717) is 22.1 Å². The normalized spacial score (nSPS) is 15.3. The van der Waals surface area contributed by atoms with Crippen LogP contribution >= 0.6 is 15.6 Å². The van der Waals surface area contributed by atoms with E-state index in [1.54, 1.807) is 0 Å². The zero-order chi connectivity index (χ0) is 33.7. The molecule has 1 aromatic rings. The topological polar surface area (TPSA) is 142 Å². The Balaban J connectivity index is 1.93. The largest absolute Gasteiger partial charge is 0.472 e. The summed E-state index contributed by atoms with van der Waals surface area (Å²) in [5, 5.41) is 8.59. The fraction of sp³-hybridized carbons (Fsp3) is 0.933. The fourth-order valence-corrected chi connectivity index (χ4v) is 5.90. The lowest BCUT2D eigenvalue weighted by atomic mass is 10.1. The molecule has 1 heterocycles. The molecule has 0 saturated carbocycles. The van der Waals surface area contributed by atoms with Gasteiger partial charge in [0.25, 0.3) is 0 Å². The summed E-state index contributed by atoms with van der Waals surface area (Å²) in [6.45, 7) is 3.06. The number of hydrogen-bond donors (Lipinski definition) is 2. The smallest absolute Gasteiger partial charge is 0.329 e. The third kappa shape index (κ3) is 27.0. The SMILES string of the molecule is C[N+](C)(C)CCOP(=O)(O)OCCCCCCCCCCn1cc(CCCCCCCCOP(=O)(O)OCC[N+](C)(C)C)nn1. The molecule has 15 heteroatoms. The molecule has 266 valence electrons. The third-order valence-electron chi connectivity index (χ3n) is 7.24. The zero-order valence-electron chi connectivity index (χ0n) is 29.1. The van der Waals surface area contributed by atoms with Gasteiger partial charge < -0.3 is 18.8 Å². The van der Waals surface area contributed by atoms with Gasteiger partial charge in [-0.25, -0.2) is 9.13 Å². The van der Waals surface area contributed by atoms with Gasteiger partial charge in [-0.05, 0) is 32.1 Å². The monoisotopic (exact) mass is 685 g/mol. The van der Waals surface area contributed by atoms with Gasteiger partial charge in [0.1, 0.15) is 26.3 Å². The highest BCUT2D eigenvalue weighted by Gasteiger charge is 2.23. The predicted octanol–water partition coefficient (Wildman–Crippen LogP) is 5.96. The van der Waals surface area contributed by atoms with Gasteiger partial charge in [0.05, 0.1) is 61.2 Å². The molecule has 0 aliphatic rings. The predicted molar refractivity (Wildman–Crippen MR) is 178 cm³/mol. The van der Waals surface area contributed by atoms with Crippen LogP contribution in [0, 0.1) is 0 Å². The Labute approximate surface area is 273 Å². The van der Waals surface area contributed by atoms with Crippen molar-refractivity contribution in [3.8, 4) is 0 Å². The van der Waals surface area contributed by atoms with Crippen LogP contribution in [0.5, 0.6) is 0 Å². The minimum absolute atomic E-state index is 0.195. The van der Waals surface area contributed by atoms with E-state index in [4.69, 9.17) is 18.1 Å². The van der Waals surface area contributed by atoms with Crippen molar-refractivity contribution in [2.75, 3.05) is 81.8 Å². The van der Waals surface area contributed by atoms with Crippen molar-refractivity contribution in [2.24, 2.45) is 0 Å². The van der Waals surface area contributed by atoms with Gasteiger partial charge in [0.15, 0.2) is 0 Å². The number of hydrogen-bond acceptors (Lipinski definition) is 8. The molecule has 0 aliphatic heterocycles. The minimum atomic E-state index is -3.95. The summed E-state index contributed by atoms with van der Waals surface area (Å²) in [4.78, 5) is 19.5. The Kier molecular flexibility index (Phi) is 21.4. The first-order valence-electron chi connectivity index (χ1n) is 16.8. The van der Waals surface area contributed by atoms with Crippen LogP contribution in [0.15, 0.2) is 6.20 Å². The molecule has 1 rings (SSSR count). The Morgan fingerprint density at radius 1 is 0.600 bits per heavy atom. The molecule has 0 fully saturated rings. The van der Waals surface area contributed by atoms with Crippen LogP contribution in [-0.2, 0) is 40.2 Å². The van der Waals surface area contributed by atoms with Crippen LogP contribution in [0.1, 0.15) is 95.6 Å². The van der Waals surface area contributed by atoms with E-state index in [0.717, 1.165) is 89.3 Å². The number of unbranched alkanes of at least 4 members (excludes halogenated alkanes) is 12. The molecule has 0 spiro atoms. The highest BCUT2D eigenvalue weighted by atomic mass is 31.2. The summed E-state index contributed by atoms with van der Waals surface area (Å²) in [7, 11) is 4.11. The maximum absolute atomic E-state index is 11.9. The maximum atomic E-state index is 11.9. The van der Waals surface area contributed by atoms with Gasteiger partial charge in [-0.15, -0.1) is 5.10 Å². The number of aryl methyl sites for hydroxylation is 2. The Morgan fingerprint density at radius 3 is 1.42 bits per heavy atom. The van der Waals surface area contributed by atoms with E-state index in [-0.39, 0.29) is 26.4 Å². The van der Waals surface area contributed by atoms with Crippen molar-refractivity contribution in [3.63, 3.8) is 0 Å². The van der Waals surface area contributed by atoms with Crippen LogP contribution in [0.25, 0.3) is 0 Å². The summed E-state index contributed by atoms with van der Waals surface area (Å²) in [5.74, 6) is 0. The van der Waals surface area contributed by atoms with E-state index in [2.05, 4.69) is 16.5 Å². The number of aromatic nitrogens is 3. The van der Waals surface area contributed by atoms with E-state index in [9.17, 15) is 18.9 Å². The summed E-state index contributed by atoms with van der Waals surface area (Å²) < 4.78 is 47.2. The molecular weight excluding hydrogens is 620 g/mol. The molecule has 2 atom stereocenters. The van der Waals surface area contributed by atoms with E-state index in [1.165, 1.54) is 19.3 Å². The number of quaternary nitrogens is 2. The summed E-state index contributed by atoms with van der Waals surface area (Å²) in [6.07, 6.45) is 17.8. The second kappa shape index (κ2) is 22.8. The molecule has 0 saturated heterocycles. The van der Waals surface area contributed by atoms with Gasteiger partial charge in [-0.2, -0.15) is 0 Å². The molecule has 45 heavy (non-hydrogen) atoms. The Bertz CT molecular complexity index is 984. The molecule has 0 radical (unpaired) electrons. The average molecular weight is 686 g/mol. The maximum Gasteiger partial charge on any atom is 0.472 e. The lowest BCUT2D eigenvalue weighted by Gasteiger charge is -2.24. The van der Waals surface area contributed by atoms with Crippen molar-refractivity contribution in [1.29, 1.82) is 0 Å². The number of nitrogens with zero attached hydrogens (tertiary/aromatic N) is 5. The van der Waals surface area contributed by atoms with Crippen LogP contribution in [0.2, 0.25) is 0 Å². The van der Waals surface area contributed by atoms with Crippen molar-refractivity contribution >= 4 is 15.6 Å². The number of rotatable bonds is 30. The highest BCUT2D eigenvalue weighted by molar-refractivity contribution is 7.47. The number of phosphoric ester groups is 2. The van der Waals surface area contributed by atoms with E-state index < -0.39 is 15.6 Å². The van der Waals surface area contributed by atoms with Crippen LogP contribution in [-0.4, -0.2) is 116 Å². The molecular formula is C30H65N5O8P2+2. The molecule has 0 aromatic carbocycles. The summed E-state index contributed by atoms with van der Waals surface area (Å²) in [5.41, 5.74) is 1.05. The molecule has 1 aromatic heterocycles. The van der Waals surface area contributed by atoms with E-state index >= 15 is 0 Å². The van der Waals surface area contributed by atoms with Crippen molar-refractivity contribution in [1.82, 2.24) is 15.0 Å². The lowest BCUT2D eigenvalue weighted by Crippen LogP contribution is -2.37. The van der Waals surface area contributed by atoms with Gasteiger partial charge in [0, 0.05) is 12.7 Å². The summed E-state index contributed by atoms with van der Waals surface area (Å²) >= 11 is 0. The first kappa shape index (κ1) is 42.3. The molecule has 13 nitrogen and oxygen atoms in total. The quantitative estimate of drug-likeness (QED) is 0.0566. The molecule has 0 amide bonds. The first-order chi connectivity index (χ1) is 21.1. The molecule has 0 aliphatic carbocycles. The highest BCUT2D eigenvalue weighted by Crippen LogP contribution is 2.44. The van der Waals surface area contributed by atoms with Gasteiger partial charge >= 0.3 is 15.6 Å². The third-order valence-corrected chi connectivity index (χ3v) is 9.27. The van der Waals surface area contributed by atoms with Crippen molar-refractivity contribution < 1.29 is 46.0 Å². The zero-order valence-corrected chi connectivity index (χ0v) is 30.9. The second-order valence-electron chi connectivity index (χ2n) is 14.0. The van der Waals surface area contributed by atoms with Crippen LogP contribution < -0.4 is 0 Å². The van der Waals surface area contributed by atoms with Gasteiger partial charge in [-0.3, -0.25) is 22.8 Å². The standard InChI is InChI=1S/C30H63N5O8P2/c1-34(2,3)23-27-42-44(36,37)40-25-19-15-11-8-7-10-14-18-22-33-29-30(31-32-33)21-17-13-9-12-16-20-26-41-45(38,39)43-28-24-35(4,5)6/h29H,7-28H2,1-6H3/p+2. The van der Waals surface area contributed by atoms with Crippen molar-refractivity contribution in [3.05, 3.63) is 11.9 Å². The van der Waals surface area contributed by atoms with E-state index in [1.807, 2.05) is 47.0 Å². The molecule has 2 N–H and O–H groups in total.